The van der Waals surface area contributed by atoms with Crippen molar-refractivity contribution in [3.8, 4) is 0 Å². The van der Waals surface area contributed by atoms with Crippen molar-refractivity contribution in [3.05, 3.63) is 23.5 Å². The molecule has 1 heterocycles. The van der Waals surface area contributed by atoms with Gasteiger partial charge in [0.1, 0.15) is 5.69 Å². The van der Waals surface area contributed by atoms with Gasteiger partial charge >= 0.3 is 5.97 Å². The Hall–Kier alpha value is -1.33. The molecule has 1 saturated carbocycles. The number of rotatable bonds is 7. The fourth-order valence-corrected chi connectivity index (χ4v) is 2.16. The lowest BCUT2D eigenvalue weighted by molar-refractivity contribution is 0.0595. The zero-order valence-corrected chi connectivity index (χ0v) is 10.6. The number of esters is 1. The lowest BCUT2D eigenvalue weighted by Crippen LogP contribution is -2.31. The number of hydrogen-bond donors (Lipinski definition) is 3. The molecule has 5 nitrogen and oxygen atoms in total. The fraction of sp³-hybridized carbons (Fsp3) is 0.615. The van der Waals surface area contributed by atoms with E-state index in [9.17, 15) is 4.79 Å². The molecular formula is C13H20N2O3. The second-order valence-corrected chi connectivity index (χ2v) is 4.75. The van der Waals surface area contributed by atoms with Crippen LogP contribution in [0.2, 0.25) is 0 Å². The van der Waals surface area contributed by atoms with Crippen LogP contribution in [0, 0.1) is 5.92 Å². The number of nitrogens with one attached hydrogen (secondary N) is 2. The molecule has 100 valence electrons. The molecule has 1 aliphatic rings. The highest BCUT2D eigenvalue weighted by atomic mass is 16.5. The summed E-state index contributed by atoms with van der Waals surface area (Å²) in [5, 5.41) is 12.4. The number of aliphatic hydroxyl groups is 1. The summed E-state index contributed by atoms with van der Waals surface area (Å²) in [4.78, 5) is 14.2. The standard InChI is InChI=1S/C13H20N2O3/c1-18-13(17)12-6-9(8-15-12)7-14-11(4-5-16)10-2-3-10/h6,8,10-11,14-16H,2-5,7H2,1H3. The molecule has 1 unspecified atom stereocenters. The normalized spacial score (nSPS) is 16.6. The summed E-state index contributed by atoms with van der Waals surface area (Å²) in [6.07, 6.45) is 5.09. The Balaban J connectivity index is 1.85. The summed E-state index contributed by atoms with van der Waals surface area (Å²) < 4.78 is 4.64. The van der Waals surface area contributed by atoms with Crippen LogP contribution in [0.5, 0.6) is 0 Å². The monoisotopic (exact) mass is 252 g/mol. The number of carbonyl (C=O) groups excluding carboxylic acids is 1. The van der Waals surface area contributed by atoms with Crippen LogP contribution in [0.3, 0.4) is 0 Å². The van der Waals surface area contributed by atoms with Gasteiger partial charge in [0, 0.05) is 25.4 Å². The first-order chi connectivity index (χ1) is 8.74. The maximum absolute atomic E-state index is 11.3. The Labute approximate surface area is 107 Å². The van der Waals surface area contributed by atoms with E-state index in [0.29, 0.717) is 24.2 Å². The van der Waals surface area contributed by atoms with Crippen LogP contribution in [0.4, 0.5) is 0 Å². The summed E-state index contributed by atoms with van der Waals surface area (Å²) >= 11 is 0. The zero-order valence-electron chi connectivity index (χ0n) is 10.6. The van der Waals surface area contributed by atoms with Crippen LogP contribution in [0.15, 0.2) is 12.3 Å². The molecule has 0 bridgehead atoms. The average Bonchev–Trinajstić information content (AvgIpc) is 3.12. The molecule has 2 rings (SSSR count). The summed E-state index contributed by atoms with van der Waals surface area (Å²) in [6, 6.07) is 2.17. The average molecular weight is 252 g/mol. The highest BCUT2D eigenvalue weighted by Crippen LogP contribution is 2.34. The molecule has 0 spiro atoms. The first-order valence-corrected chi connectivity index (χ1v) is 6.34. The molecule has 0 amide bonds. The third kappa shape index (κ3) is 3.34. The predicted octanol–water partition coefficient (Wildman–Crippen LogP) is 1.05. The van der Waals surface area contributed by atoms with Gasteiger partial charge in [0.25, 0.3) is 0 Å². The van der Waals surface area contributed by atoms with Gasteiger partial charge in [-0.05, 0) is 36.8 Å². The molecule has 1 aromatic heterocycles. The molecule has 0 aromatic carbocycles. The van der Waals surface area contributed by atoms with Crippen LogP contribution in [-0.4, -0.2) is 35.8 Å². The van der Waals surface area contributed by atoms with Gasteiger partial charge in [-0.1, -0.05) is 0 Å². The van der Waals surface area contributed by atoms with Crippen molar-refractivity contribution < 1.29 is 14.6 Å². The highest BCUT2D eigenvalue weighted by Gasteiger charge is 2.30. The molecule has 0 radical (unpaired) electrons. The molecule has 3 N–H and O–H groups in total. The van der Waals surface area contributed by atoms with Gasteiger partial charge in [0.2, 0.25) is 0 Å². The van der Waals surface area contributed by atoms with E-state index in [1.54, 1.807) is 6.07 Å². The van der Waals surface area contributed by atoms with Crippen LogP contribution in [0.25, 0.3) is 0 Å². The number of ether oxygens (including phenoxy) is 1. The van der Waals surface area contributed by atoms with E-state index in [0.717, 1.165) is 12.0 Å². The number of H-pyrrole nitrogens is 1. The van der Waals surface area contributed by atoms with Gasteiger partial charge in [-0.15, -0.1) is 0 Å². The van der Waals surface area contributed by atoms with E-state index >= 15 is 0 Å². The Kier molecular flexibility index (Phi) is 4.38. The Morgan fingerprint density at radius 2 is 2.44 bits per heavy atom. The van der Waals surface area contributed by atoms with Gasteiger partial charge in [0.05, 0.1) is 7.11 Å². The van der Waals surface area contributed by atoms with Crippen LogP contribution < -0.4 is 5.32 Å². The fourth-order valence-electron chi connectivity index (χ4n) is 2.16. The lowest BCUT2D eigenvalue weighted by Gasteiger charge is -2.16. The Morgan fingerprint density at radius 1 is 1.67 bits per heavy atom. The van der Waals surface area contributed by atoms with Crippen molar-refractivity contribution in [2.24, 2.45) is 5.92 Å². The van der Waals surface area contributed by atoms with Gasteiger partial charge in [0.15, 0.2) is 0 Å². The maximum atomic E-state index is 11.3. The minimum absolute atomic E-state index is 0.217. The third-order valence-corrected chi connectivity index (χ3v) is 3.35. The number of methoxy groups -OCH3 is 1. The van der Waals surface area contributed by atoms with Gasteiger partial charge in [-0.2, -0.15) is 0 Å². The number of carbonyl (C=O) groups is 1. The second-order valence-electron chi connectivity index (χ2n) is 4.75. The van der Waals surface area contributed by atoms with Crippen LogP contribution in [-0.2, 0) is 11.3 Å². The molecule has 18 heavy (non-hydrogen) atoms. The molecule has 1 fully saturated rings. The van der Waals surface area contributed by atoms with Crippen molar-refractivity contribution in [1.29, 1.82) is 0 Å². The minimum Gasteiger partial charge on any atom is -0.464 e. The largest absolute Gasteiger partial charge is 0.464 e. The number of hydrogen-bond acceptors (Lipinski definition) is 4. The second kappa shape index (κ2) is 6.02. The van der Waals surface area contributed by atoms with Crippen molar-refractivity contribution in [2.45, 2.75) is 31.8 Å². The van der Waals surface area contributed by atoms with E-state index < -0.39 is 0 Å². The van der Waals surface area contributed by atoms with E-state index in [1.807, 2.05) is 6.20 Å². The molecule has 0 aliphatic heterocycles. The van der Waals surface area contributed by atoms with E-state index in [1.165, 1.54) is 20.0 Å². The molecule has 1 aliphatic carbocycles. The summed E-state index contributed by atoms with van der Waals surface area (Å²) in [6.45, 7) is 0.920. The SMILES string of the molecule is COC(=O)c1cc(CNC(CCO)C2CC2)c[nH]1. The zero-order chi connectivity index (χ0) is 13.0. The van der Waals surface area contributed by atoms with Gasteiger partial charge in [-0.25, -0.2) is 4.79 Å². The van der Waals surface area contributed by atoms with Crippen molar-refractivity contribution in [1.82, 2.24) is 10.3 Å². The van der Waals surface area contributed by atoms with Gasteiger partial charge in [-0.3, -0.25) is 0 Å². The predicted molar refractivity (Wildman–Crippen MR) is 67.2 cm³/mol. The van der Waals surface area contributed by atoms with Crippen LogP contribution in [0.1, 0.15) is 35.3 Å². The van der Waals surface area contributed by atoms with E-state index in [-0.39, 0.29) is 12.6 Å². The topological polar surface area (TPSA) is 74.3 Å². The molecule has 1 aromatic rings. The first-order valence-electron chi connectivity index (χ1n) is 6.34. The summed E-state index contributed by atoms with van der Waals surface area (Å²) in [5.74, 6) is 0.353. The van der Waals surface area contributed by atoms with E-state index in [4.69, 9.17) is 5.11 Å². The molecular weight excluding hydrogens is 232 g/mol. The van der Waals surface area contributed by atoms with Gasteiger partial charge < -0.3 is 20.1 Å². The van der Waals surface area contributed by atoms with Crippen molar-refractivity contribution >= 4 is 5.97 Å². The molecule has 1 atom stereocenters. The lowest BCUT2D eigenvalue weighted by atomic mass is 10.1. The maximum Gasteiger partial charge on any atom is 0.354 e. The van der Waals surface area contributed by atoms with Crippen molar-refractivity contribution in [3.63, 3.8) is 0 Å². The summed E-state index contributed by atoms with van der Waals surface area (Å²) in [5.41, 5.74) is 1.50. The van der Waals surface area contributed by atoms with Crippen molar-refractivity contribution in [2.75, 3.05) is 13.7 Å². The molecule has 5 heteroatoms. The number of aliphatic hydroxyl groups excluding tert-OH is 1. The number of aromatic amines is 1. The Morgan fingerprint density at radius 3 is 3.06 bits per heavy atom. The third-order valence-electron chi connectivity index (χ3n) is 3.35. The molecule has 0 saturated heterocycles. The Bertz CT molecular complexity index is 399. The van der Waals surface area contributed by atoms with E-state index in [2.05, 4.69) is 15.0 Å². The smallest absolute Gasteiger partial charge is 0.354 e. The van der Waals surface area contributed by atoms with Crippen LogP contribution >= 0.6 is 0 Å². The number of aromatic nitrogens is 1. The highest BCUT2D eigenvalue weighted by molar-refractivity contribution is 5.87. The quantitative estimate of drug-likeness (QED) is 0.634. The minimum atomic E-state index is -0.352. The summed E-state index contributed by atoms with van der Waals surface area (Å²) in [7, 11) is 1.37. The first kappa shape index (κ1) is 13.1.